The molecule has 1 aromatic rings. The molecular weight excluding hydrogens is 338 g/mol. The van der Waals surface area contributed by atoms with Crippen LogP contribution in [0.25, 0.3) is 0 Å². The summed E-state index contributed by atoms with van der Waals surface area (Å²) in [6.07, 6.45) is 1.52. The number of amides is 1. The molecule has 9 heteroatoms. The number of ether oxygens (including phenoxy) is 2. The smallest absolute Gasteiger partial charge is 0.276 e. The molecular formula is C15H24ClN3O5. The van der Waals surface area contributed by atoms with Crippen LogP contribution < -0.4 is 20.1 Å². The molecule has 0 fully saturated rings. The van der Waals surface area contributed by atoms with Crippen LogP contribution in [0.2, 0.25) is 0 Å². The van der Waals surface area contributed by atoms with Gasteiger partial charge in [-0.25, -0.2) is 0 Å². The topological polar surface area (TPSA) is 103 Å². The van der Waals surface area contributed by atoms with Crippen LogP contribution in [0.1, 0.15) is 18.4 Å². The van der Waals surface area contributed by atoms with Crippen molar-refractivity contribution in [3.05, 3.63) is 27.8 Å². The molecule has 1 rings (SSSR count). The lowest BCUT2D eigenvalue weighted by atomic mass is 10.1. The fourth-order valence-electron chi connectivity index (χ4n) is 2.13. The summed E-state index contributed by atoms with van der Waals surface area (Å²) in [5.74, 6) is 0.663. The van der Waals surface area contributed by atoms with Crippen LogP contribution >= 0.6 is 12.4 Å². The Labute approximate surface area is 147 Å². The Bertz CT molecular complexity index is 554. The van der Waals surface area contributed by atoms with Crippen LogP contribution in [-0.2, 0) is 11.2 Å². The van der Waals surface area contributed by atoms with Crippen molar-refractivity contribution in [1.82, 2.24) is 10.6 Å². The highest BCUT2D eigenvalue weighted by atomic mass is 35.5. The van der Waals surface area contributed by atoms with Crippen LogP contribution in [0, 0.1) is 10.1 Å². The van der Waals surface area contributed by atoms with Crippen LogP contribution in [0.3, 0.4) is 0 Å². The van der Waals surface area contributed by atoms with Gasteiger partial charge in [0.05, 0.1) is 25.2 Å². The lowest BCUT2D eigenvalue weighted by molar-refractivity contribution is -0.385. The van der Waals surface area contributed by atoms with Gasteiger partial charge >= 0.3 is 0 Å². The Balaban J connectivity index is 0.00000529. The molecule has 2 N–H and O–H groups in total. The van der Waals surface area contributed by atoms with Gasteiger partial charge in [0.25, 0.3) is 5.69 Å². The van der Waals surface area contributed by atoms with E-state index in [9.17, 15) is 14.9 Å². The molecule has 24 heavy (non-hydrogen) atoms. The minimum Gasteiger partial charge on any atom is -0.493 e. The molecule has 136 valence electrons. The van der Waals surface area contributed by atoms with Crippen molar-refractivity contribution in [1.29, 1.82) is 0 Å². The van der Waals surface area contributed by atoms with E-state index in [1.807, 2.05) is 7.05 Å². The van der Waals surface area contributed by atoms with Crippen molar-refractivity contribution < 1.29 is 19.2 Å². The fourth-order valence-corrected chi connectivity index (χ4v) is 2.13. The number of nitrogens with zero attached hydrogens (tertiary/aromatic N) is 1. The highest BCUT2D eigenvalue weighted by Gasteiger charge is 2.19. The van der Waals surface area contributed by atoms with Crippen LogP contribution in [0.15, 0.2) is 12.1 Å². The molecule has 1 amide bonds. The predicted octanol–water partition coefficient (Wildman–Crippen LogP) is 1.69. The molecule has 0 aliphatic rings. The number of nitrogens with one attached hydrogen (secondary N) is 2. The highest BCUT2D eigenvalue weighted by molar-refractivity contribution is 5.85. The number of halogens is 1. The summed E-state index contributed by atoms with van der Waals surface area (Å²) < 4.78 is 10.2. The van der Waals surface area contributed by atoms with Crippen LogP contribution in [-0.4, -0.2) is 45.2 Å². The van der Waals surface area contributed by atoms with Crippen molar-refractivity contribution in [3.63, 3.8) is 0 Å². The first-order chi connectivity index (χ1) is 11.0. The second-order valence-electron chi connectivity index (χ2n) is 4.90. The molecule has 1 aromatic carbocycles. The third-order valence-corrected chi connectivity index (χ3v) is 3.33. The first-order valence-corrected chi connectivity index (χ1v) is 7.34. The summed E-state index contributed by atoms with van der Waals surface area (Å²) in [4.78, 5) is 22.3. The minimum atomic E-state index is -0.466. The standard InChI is InChI=1S/C15H23N3O5.ClH/c1-16-7-4-5-15(19)17-8-6-11-9-13(22-2)14(23-3)10-12(11)18(20)21;/h9-10,16H,4-8H2,1-3H3,(H,17,19);1H. The van der Waals surface area contributed by atoms with Gasteiger partial charge in [0, 0.05) is 18.5 Å². The van der Waals surface area contributed by atoms with Crippen molar-refractivity contribution in [2.45, 2.75) is 19.3 Å². The first-order valence-electron chi connectivity index (χ1n) is 7.34. The fraction of sp³-hybridized carbons (Fsp3) is 0.533. The van der Waals surface area contributed by atoms with Crippen molar-refractivity contribution >= 4 is 24.0 Å². The van der Waals surface area contributed by atoms with Crippen LogP contribution in [0.5, 0.6) is 11.5 Å². The van der Waals surface area contributed by atoms with Crippen molar-refractivity contribution in [3.8, 4) is 11.5 Å². The summed E-state index contributed by atoms with van der Waals surface area (Å²) in [7, 11) is 4.72. The van der Waals surface area contributed by atoms with E-state index in [1.54, 1.807) is 6.07 Å². The number of methoxy groups -OCH3 is 2. The lowest BCUT2D eigenvalue weighted by Crippen LogP contribution is -2.26. The van der Waals surface area contributed by atoms with E-state index < -0.39 is 4.92 Å². The summed E-state index contributed by atoms with van der Waals surface area (Å²) >= 11 is 0. The molecule has 0 saturated heterocycles. The van der Waals surface area contributed by atoms with Gasteiger partial charge in [-0.15, -0.1) is 12.4 Å². The van der Waals surface area contributed by atoms with Crippen molar-refractivity contribution in [2.75, 3.05) is 34.4 Å². The zero-order valence-electron chi connectivity index (χ0n) is 14.1. The number of nitro groups is 1. The molecule has 8 nitrogen and oxygen atoms in total. The van der Waals surface area contributed by atoms with Gasteiger partial charge in [-0.3, -0.25) is 14.9 Å². The number of nitro benzene ring substituents is 1. The summed E-state index contributed by atoms with van der Waals surface area (Å²) in [6.45, 7) is 1.10. The van der Waals surface area contributed by atoms with E-state index in [0.717, 1.165) is 13.0 Å². The maximum atomic E-state index is 11.6. The number of carbonyl (C=O) groups is 1. The Morgan fingerprint density at radius 2 is 1.83 bits per heavy atom. The van der Waals surface area contributed by atoms with Gasteiger partial charge in [0.1, 0.15) is 0 Å². The number of rotatable bonds is 10. The van der Waals surface area contributed by atoms with Gasteiger partial charge in [0.2, 0.25) is 5.91 Å². The molecule has 0 atom stereocenters. The highest BCUT2D eigenvalue weighted by Crippen LogP contribution is 2.34. The summed E-state index contributed by atoms with van der Waals surface area (Å²) in [6, 6.07) is 2.91. The largest absolute Gasteiger partial charge is 0.493 e. The van der Waals surface area contributed by atoms with E-state index in [1.165, 1.54) is 20.3 Å². The zero-order valence-corrected chi connectivity index (χ0v) is 14.9. The van der Waals surface area contributed by atoms with E-state index in [0.29, 0.717) is 36.4 Å². The third-order valence-electron chi connectivity index (χ3n) is 3.33. The molecule has 0 aliphatic carbocycles. The quantitative estimate of drug-likeness (QED) is 0.373. The molecule has 0 unspecified atom stereocenters. The average Bonchev–Trinajstić information content (AvgIpc) is 2.54. The number of hydrogen-bond acceptors (Lipinski definition) is 6. The second kappa shape index (κ2) is 11.5. The zero-order chi connectivity index (χ0) is 17.2. The van der Waals surface area contributed by atoms with Gasteiger partial charge in [-0.2, -0.15) is 0 Å². The maximum Gasteiger partial charge on any atom is 0.276 e. The molecule has 0 aliphatic heterocycles. The summed E-state index contributed by atoms with van der Waals surface area (Å²) in [5.41, 5.74) is 0.440. The van der Waals surface area contributed by atoms with Crippen molar-refractivity contribution in [2.24, 2.45) is 0 Å². The number of hydrogen-bond donors (Lipinski definition) is 2. The van der Waals surface area contributed by atoms with Gasteiger partial charge < -0.3 is 20.1 Å². The average molecular weight is 362 g/mol. The normalized spacial score (nSPS) is 9.79. The van der Waals surface area contributed by atoms with Crippen LogP contribution in [0.4, 0.5) is 5.69 Å². The summed E-state index contributed by atoms with van der Waals surface area (Å²) in [5, 5.41) is 16.9. The maximum absolute atomic E-state index is 11.6. The Morgan fingerprint density at radius 1 is 1.21 bits per heavy atom. The van der Waals surface area contributed by atoms with Gasteiger partial charge in [0.15, 0.2) is 11.5 Å². The Morgan fingerprint density at radius 3 is 2.38 bits per heavy atom. The second-order valence-corrected chi connectivity index (χ2v) is 4.90. The van der Waals surface area contributed by atoms with Gasteiger partial charge in [-0.05, 0) is 32.5 Å². The molecule has 0 radical (unpaired) electrons. The third kappa shape index (κ3) is 6.59. The Kier molecular flexibility index (Phi) is 10.5. The van der Waals surface area contributed by atoms with E-state index >= 15 is 0 Å². The lowest BCUT2D eigenvalue weighted by Gasteiger charge is -2.11. The Hall–Kier alpha value is -2.06. The monoisotopic (exact) mass is 361 g/mol. The van der Waals surface area contributed by atoms with Gasteiger partial charge in [-0.1, -0.05) is 0 Å². The van der Waals surface area contributed by atoms with E-state index in [2.05, 4.69) is 10.6 Å². The molecule has 0 heterocycles. The first kappa shape index (κ1) is 21.9. The number of benzene rings is 1. The molecule has 0 spiro atoms. The SMILES string of the molecule is CNCCCC(=O)NCCc1cc(OC)c(OC)cc1[N+](=O)[O-].Cl. The molecule has 0 saturated carbocycles. The minimum absolute atomic E-state index is 0. The molecule has 0 aromatic heterocycles. The number of carbonyl (C=O) groups excluding carboxylic acids is 1. The van der Waals surface area contributed by atoms with E-state index in [-0.39, 0.29) is 24.0 Å². The molecule has 0 bridgehead atoms. The predicted molar refractivity (Wildman–Crippen MR) is 93.3 cm³/mol. The van der Waals surface area contributed by atoms with E-state index in [4.69, 9.17) is 9.47 Å².